The normalized spacial score (nSPS) is 21.0. The third-order valence-corrected chi connectivity index (χ3v) is 4.97. The fourth-order valence-corrected chi connectivity index (χ4v) is 3.28. The number of hydrogen-bond acceptors (Lipinski definition) is 7. The summed E-state index contributed by atoms with van der Waals surface area (Å²) in [5.41, 5.74) is 0.463. The minimum absolute atomic E-state index is 0.224. The average Bonchev–Trinajstić information content (AvgIpc) is 3.29. The average molecular weight is 397 g/mol. The third-order valence-electron chi connectivity index (χ3n) is 4.97. The summed E-state index contributed by atoms with van der Waals surface area (Å²) >= 11 is 0. The molecule has 0 aliphatic carbocycles. The molecule has 0 bridgehead atoms. The lowest BCUT2D eigenvalue weighted by atomic mass is 9.87. The van der Waals surface area contributed by atoms with Crippen molar-refractivity contribution in [2.45, 2.75) is 13.0 Å². The standard InChI is InChI=1S/C19H23N7O3/c1-4-15(27)26-9-13(19(2,10-20)11-26)24-14-8-23-17-16(25-14)12(7-22-17)18(28)21-5-6-29-3/h4,7-8,13H,1,5-6,9,11H2,2-3H3,(H,21,28)(H,22,23)(H,24,25)/t13-,19-/m0/s1. The molecular formula is C19H23N7O3. The summed E-state index contributed by atoms with van der Waals surface area (Å²) in [5.74, 6) is -0.0920. The molecule has 1 fully saturated rings. The van der Waals surface area contributed by atoms with E-state index in [1.807, 2.05) is 0 Å². The van der Waals surface area contributed by atoms with Gasteiger partial charge >= 0.3 is 0 Å². The number of carbonyl (C=O) groups excluding carboxylic acids is 2. The van der Waals surface area contributed by atoms with Crippen molar-refractivity contribution in [3.8, 4) is 6.07 Å². The smallest absolute Gasteiger partial charge is 0.255 e. The highest BCUT2D eigenvalue weighted by Gasteiger charge is 2.45. The van der Waals surface area contributed by atoms with Crippen molar-refractivity contribution in [2.24, 2.45) is 5.41 Å². The number of methoxy groups -OCH3 is 1. The molecule has 10 nitrogen and oxygen atoms in total. The van der Waals surface area contributed by atoms with Crippen LogP contribution in [0.2, 0.25) is 0 Å². The first kappa shape index (κ1) is 20.3. The van der Waals surface area contributed by atoms with Gasteiger partial charge in [-0.15, -0.1) is 0 Å². The van der Waals surface area contributed by atoms with Crippen LogP contribution in [0, 0.1) is 16.7 Å². The Labute approximate surface area is 167 Å². The molecule has 2 aromatic rings. The number of rotatable bonds is 7. The molecule has 3 N–H and O–H groups in total. The molecule has 2 amide bonds. The number of nitriles is 1. The van der Waals surface area contributed by atoms with E-state index in [-0.39, 0.29) is 17.9 Å². The first-order valence-corrected chi connectivity index (χ1v) is 9.12. The second-order valence-corrected chi connectivity index (χ2v) is 7.05. The number of carbonyl (C=O) groups is 2. The lowest BCUT2D eigenvalue weighted by Crippen LogP contribution is -2.36. The Kier molecular flexibility index (Phi) is 5.79. The van der Waals surface area contributed by atoms with Crippen molar-refractivity contribution >= 4 is 28.8 Å². The highest BCUT2D eigenvalue weighted by Crippen LogP contribution is 2.32. The number of amides is 2. The molecule has 2 atom stereocenters. The molecule has 152 valence electrons. The van der Waals surface area contributed by atoms with Crippen LogP contribution in [-0.2, 0) is 9.53 Å². The van der Waals surface area contributed by atoms with Crippen LogP contribution < -0.4 is 10.6 Å². The van der Waals surface area contributed by atoms with Gasteiger partial charge in [-0.25, -0.2) is 9.97 Å². The Morgan fingerprint density at radius 2 is 2.38 bits per heavy atom. The zero-order chi connectivity index (χ0) is 21.0. The molecule has 3 heterocycles. The van der Waals surface area contributed by atoms with E-state index in [1.54, 1.807) is 25.1 Å². The van der Waals surface area contributed by atoms with Crippen LogP contribution in [0.5, 0.6) is 0 Å². The Hall–Kier alpha value is -3.45. The summed E-state index contributed by atoms with van der Waals surface area (Å²) in [4.78, 5) is 37.7. The minimum Gasteiger partial charge on any atom is -0.383 e. The number of likely N-dealkylation sites (tertiary alicyclic amines) is 1. The van der Waals surface area contributed by atoms with Gasteiger partial charge in [-0.1, -0.05) is 6.58 Å². The molecule has 1 aliphatic rings. The van der Waals surface area contributed by atoms with Gasteiger partial charge < -0.3 is 25.3 Å². The third kappa shape index (κ3) is 4.05. The van der Waals surface area contributed by atoms with E-state index in [0.717, 1.165) is 0 Å². The molecule has 0 aromatic carbocycles. The second kappa shape index (κ2) is 8.28. The predicted octanol–water partition coefficient (Wildman–Crippen LogP) is 0.673. The topological polar surface area (TPSA) is 136 Å². The van der Waals surface area contributed by atoms with Crippen molar-refractivity contribution in [1.29, 1.82) is 5.26 Å². The van der Waals surface area contributed by atoms with Crippen LogP contribution in [-0.4, -0.2) is 71.1 Å². The molecule has 2 aromatic heterocycles. The van der Waals surface area contributed by atoms with E-state index >= 15 is 0 Å². The number of ether oxygens (including phenoxy) is 1. The summed E-state index contributed by atoms with van der Waals surface area (Å²) in [6.07, 6.45) is 4.32. The highest BCUT2D eigenvalue weighted by atomic mass is 16.5. The molecule has 1 aliphatic heterocycles. The number of aromatic nitrogens is 3. The van der Waals surface area contributed by atoms with Crippen LogP contribution in [0.3, 0.4) is 0 Å². The van der Waals surface area contributed by atoms with Gasteiger partial charge in [-0.2, -0.15) is 5.26 Å². The Morgan fingerprint density at radius 3 is 3.07 bits per heavy atom. The van der Waals surface area contributed by atoms with Crippen LogP contribution >= 0.6 is 0 Å². The van der Waals surface area contributed by atoms with Crippen LogP contribution in [0.4, 0.5) is 5.82 Å². The minimum atomic E-state index is -0.798. The van der Waals surface area contributed by atoms with Crippen molar-refractivity contribution in [3.63, 3.8) is 0 Å². The Morgan fingerprint density at radius 1 is 1.59 bits per heavy atom. The number of H-pyrrole nitrogens is 1. The van der Waals surface area contributed by atoms with Crippen molar-refractivity contribution in [1.82, 2.24) is 25.2 Å². The second-order valence-electron chi connectivity index (χ2n) is 7.05. The van der Waals surface area contributed by atoms with Gasteiger partial charge in [0, 0.05) is 32.9 Å². The quantitative estimate of drug-likeness (QED) is 0.461. The van der Waals surface area contributed by atoms with E-state index in [9.17, 15) is 14.9 Å². The van der Waals surface area contributed by atoms with Crippen molar-refractivity contribution in [3.05, 3.63) is 30.6 Å². The summed E-state index contributed by atoms with van der Waals surface area (Å²) in [6.45, 7) is 6.70. The fraction of sp³-hybridized carbons (Fsp3) is 0.421. The fourth-order valence-electron chi connectivity index (χ4n) is 3.28. The number of anilines is 1. The molecule has 3 rings (SSSR count). The molecule has 1 saturated heterocycles. The SMILES string of the molecule is C=CC(=O)N1C[C@H](Nc2cnc3[nH]cc(C(=O)NCCOC)c3n2)[C@@](C)(C#N)C1. The number of nitrogens with one attached hydrogen (secondary N) is 3. The monoisotopic (exact) mass is 397 g/mol. The summed E-state index contributed by atoms with van der Waals surface area (Å²) in [7, 11) is 1.56. The van der Waals surface area contributed by atoms with E-state index < -0.39 is 5.41 Å². The molecular weight excluding hydrogens is 374 g/mol. The zero-order valence-electron chi connectivity index (χ0n) is 16.4. The van der Waals surface area contributed by atoms with Crippen LogP contribution in [0.25, 0.3) is 11.2 Å². The molecule has 0 spiro atoms. The highest BCUT2D eigenvalue weighted by molar-refractivity contribution is 6.04. The first-order chi connectivity index (χ1) is 13.9. The first-order valence-electron chi connectivity index (χ1n) is 9.12. The Balaban J connectivity index is 1.82. The molecule has 29 heavy (non-hydrogen) atoms. The number of aromatic amines is 1. The summed E-state index contributed by atoms with van der Waals surface area (Å²) in [6, 6.07) is 1.94. The lowest BCUT2D eigenvalue weighted by Gasteiger charge is -2.23. The molecule has 0 radical (unpaired) electrons. The van der Waals surface area contributed by atoms with Gasteiger partial charge in [0.1, 0.15) is 11.3 Å². The number of fused-ring (bicyclic) bond motifs is 1. The van der Waals surface area contributed by atoms with Gasteiger partial charge in [0.05, 0.1) is 35.9 Å². The van der Waals surface area contributed by atoms with Gasteiger partial charge in [-0.3, -0.25) is 9.59 Å². The maximum atomic E-state index is 12.4. The van der Waals surface area contributed by atoms with E-state index in [0.29, 0.717) is 48.8 Å². The largest absolute Gasteiger partial charge is 0.383 e. The molecule has 10 heteroatoms. The van der Waals surface area contributed by atoms with Gasteiger partial charge in [0.15, 0.2) is 5.65 Å². The summed E-state index contributed by atoms with van der Waals surface area (Å²) < 4.78 is 4.93. The van der Waals surface area contributed by atoms with Crippen LogP contribution in [0.15, 0.2) is 25.0 Å². The van der Waals surface area contributed by atoms with Gasteiger partial charge in [-0.05, 0) is 13.0 Å². The van der Waals surface area contributed by atoms with E-state index in [2.05, 4.69) is 38.2 Å². The van der Waals surface area contributed by atoms with E-state index in [4.69, 9.17) is 4.74 Å². The van der Waals surface area contributed by atoms with Crippen molar-refractivity contribution in [2.75, 3.05) is 38.7 Å². The lowest BCUT2D eigenvalue weighted by molar-refractivity contribution is -0.125. The van der Waals surface area contributed by atoms with Crippen molar-refractivity contribution < 1.29 is 14.3 Å². The number of hydrogen-bond donors (Lipinski definition) is 3. The Bertz CT molecular complexity index is 980. The molecule has 0 unspecified atom stereocenters. The van der Waals surface area contributed by atoms with Gasteiger partial charge in [0.25, 0.3) is 5.91 Å². The number of nitrogens with zero attached hydrogens (tertiary/aromatic N) is 4. The maximum absolute atomic E-state index is 12.4. The maximum Gasteiger partial charge on any atom is 0.255 e. The van der Waals surface area contributed by atoms with Crippen LogP contribution in [0.1, 0.15) is 17.3 Å². The molecule has 0 saturated carbocycles. The summed E-state index contributed by atoms with van der Waals surface area (Å²) in [5, 5.41) is 15.6. The zero-order valence-corrected chi connectivity index (χ0v) is 16.4. The van der Waals surface area contributed by atoms with E-state index in [1.165, 1.54) is 12.3 Å². The predicted molar refractivity (Wildman–Crippen MR) is 106 cm³/mol. The van der Waals surface area contributed by atoms with Gasteiger partial charge in [0.2, 0.25) is 5.91 Å².